The van der Waals surface area contributed by atoms with Crippen LogP contribution in [0.2, 0.25) is 0 Å². The number of H-pyrrole nitrogens is 1. The van der Waals surface area contributed by atoms with Gasteiger partial charge in [0.1, 0.15) is 17.2 Å². The molecule has 1 saturated heterocycles. The van der Waals surface area contributed by atoms with Crippen molar-refractivity contribution in [3.8, 4) is 22.8 Å². The van der Waals surface area contributed by atoms with Crippen LogP contribution in [0.1, 0.15) is 10.5 Å². The normalized spacial score (nSPS) is 14.2. The minimum atomic E-state index is -0.0581. The van der Waals surface area contributed by atoms with E-state index < -0.39 is 0 Å². The molecule has 0 spiro atoms. The van der Waals surface area contributed by atoms with Crippen LogP contribution in [0.15, 0.2) is 54.6 Å². The van der Waals surface area contributed by atoms with Gasteiger partial charge in [-0.2, -0.15) is 5.10 Å². The summed E-state index contributed by atoms with van der Waals surface area (Å²) in [5.41, 5.74) is 3.04. The lowest BCUT2D eigenvalue weighted by atomic mass is 10.1. The average molecular weight is 378 g/mol. The van der Waals surface area contributed by atoms with Crippen molar-refractivity contribution in [3.63, 3.8) is 0 Å². The van der Waals surface area contributed by atoms with Crippen molar-refractivity contribution >= 4 is 11.6 Å². The lowest BCUT2D eigenvalue weighted by Gasteiger charge is -2.35. The van der Waals surface area contributed by atoms with Gasteiger partial charge in [-0.1, -0.05) is 18.2 Å². The van der Waals surface area contributed by atoms with Gasteiger partial charge >= 0.3 is 0 Å². The van der Waals surface area contributed by atoms with E-state index in [2.05, 4.69) is 15.1 Å². The van der Waals surface area contributed by atoms with Gasteiger partial charge in [0.25, 0.3) is 5.91 Å². The average Bonchev–Trinajstić information content (AvgIpc) is 3.24. The number of aromatic hydroxyl groups is 1. The first-order chi connectivity index (χ1) is 13.6. The second-order valence-electron chi connectivity index (χ2n) is 6.70. The number of aromatic amines is 1. The molecule has 1 aliphatic heterocycles. The number of amides is 1. The Balaban J connectivity index is 1.42. The molecule has 4 rings (SSSR count). The Morgan fingerprint density at radius 2 is 1.86 bits per heavy atom. The van der Waals surface area contributed by atoms with E-state index in [1.165, 1.54) is 0 Å². The third-order valence-corrected chi connectivity index (χ3v) is 4.94. The van der Waals surface area contributed by atoms with Gasteiger partial charge in [0.2, 0.25) is 0 Å². The highest BCUT2D eigenvalue weighted by molar-refractivity contribution is 5.93. The number of phenols is 1. The number of anilines is 1. The zero-order valence-electron chi connectivity index (χ0n) is 15.6. The van der Waals surface area contributed by atoms with Crippen LogP contribution in [-0.4, -0.2) is 59.4 Å². The fourth-order valence-electron chi connectivity index (χ4n) is 3.39. The smallest absolute Gasteiger partial charge is 0.272 e. The van der Waals surface area contributed by atoms with Gasteiger partial charge in [0.15, 0.2) is 0 Å². The van der Waals surface area contributed by atoms with E-state index in [-0.39, 0.29) is 11.7 Å². The number of nitrogens with one attached hydrogen (secondary N) is 1. The number of benzene rings is 2. The van der Waals surface area contributed by atoms with Gasteiger partial charge in [0, 0.05) is 43.5 Å². The molecule has 2 heterocycles. The third-order valence-electron chi connectivity index (χ3n) is 4.94. The Hall–Kier alpha value is -3.48. The van der Waals surface area contributed by atoms with Crippen molar-refractivity contribution in [1.82, 2.24) is 15.1 Å². The number of nitrogens with zero attached hydrogens (tertiary/aromatic N) is 3. The predicted octanol–water partition coefficient (Wildman–Crippen LogP) is 2.75. The molecule has 0 saturated carbocycles. The summed E-state index contributed by atoms with van der Waals surface area (Å²) < 4.78 is 5.25. The highest BCUT2D eigenvalue weighted by atomic mass is 16.5. The van der Waals surface area contributed by atoms with Crippen molar-refractivity contribution in [2.24, 2.45) is 0 Å². The third kappa shape index (κ3) is 3.64. The van der Waals surface area contributed by atoms with Crippen LogP contribution in [0.25, 0.3) is 11.3 Å². The van der Waals surface area contributed by atoms with E-state index in [4.69, 9.17) is 4.74 Å². The van der Waals surface area contributed by atoms with E-state index in [9.17, 15) is 9.90 Å². The first-order valence-electron chi connectivity index (χ1n) is 9.17. The molecule has 1 aromatic heterocycles. The Labute approximate surface area is 163 Å². The van der Waals surface area contributed by atoms with E-state index in [1.807, 2.05) is 41.3 Å². The molecule has 28 heavy (non-hydrogen) atoms. The molecular formula is C21H22N4O3. The first kappa shape index (κ1) is 17.9. The number of aromatic nitrogens is 2. The molecule has 0 aliphatic carbocycles. The minimum absolute atomic E-state index is 0.0581. The topological polar surface area (TPSA) is 81.7 Å². The Morgan fingerprint density at radius 1 is 1.07 bits per heavy atom. The Bertz CT molecular complexity index is 977. The summed E-state index contributed by atoms with van der Waals surface area (Å²) >= 11 is 0. The second kappa shape index (κ2) is 7.64. The molecule has 7 nitrogen and oxygen atoms in total. The summed E-state index contributed by atoms with van der Waals surface area (Å²) in [6, 6.07) is 16.5. The molecule has 0 radical (unpaired) electrons. The van der Waals surface area contributed by atoms with Crippen molar-refractivity contribution in [1.29, 1.82) is 0 Å². The molecule has 0 unspecified atom stereocenters. The van der Waals surface area contributed by atoms with Crippen molar-refractivity contribution < 1.29 is 14.6 Å². The summed E-state index contributed by atoms with van der Waals surface area (Å²) in [5, 5.41) is 16.8. The zero-order valence-corrected chi connectivity index (χ0v) is 15.6. The number of rotatable bonds is 4. The minimum Gasteiger partial charge on any atom is -0.508 e. The molecular weight excluding hydrogens is 356 g/mol. The van der Waals surface area contributed by atoms with Crippen LogP contribution in [0.3, 0.4) is 0 Å². The van der Waals surface area contributed by atoms with Crippen LogP contribution in [0.4, 0.5) is 5.69 Å². The number of carbonyl (C=O) groups excluding carboxylic acids is 1. The summed E-state index contributed by atoms with van der Waals surface area (Å²) in [4.78, 5) is 16.8. The predicted molar refractivity (Wildman–Crippen MR) is 107 cm³/mol. The molecule has 3 aromatic rings. The summed E-state index contributed by atoms with van der Waals surface area (Å²) in [6.45, 7) is 2.65. The molecule has 2 N–H and O–H groups in total. The number of carbonyl (C=O) groups is 1. The van der Waals surface area contributed by atoms with Crippen LogP contribution >= 0.6 is 0 Å². The van der Waals surface area contributed by atoms with E-state index in [1.54, 1.807) is 25.3 Å². The van der Waals surface area contributed by atoms with Gasteiger partial charge in [-0.15, -0.1) is 0 Å². The quantitative estimate of drug-likeness (QED) is 0.730. The number of methoxy groups -OCH3 is 1. The van der Waals surface area contributed by atoms with Gasteiger partial charge in [-0.3, -0.25) is 9.89 Å². The lowest BCUT2D eigenvalue weighted by Crippen LogP contribution is -2.48. The standard InChI is InChI=1S/C21H22N4O3/c1-28-18-7-2-4-15(12-18)19-14-20(23-22-19)21(27)25-10-8-24(9-11-25)16-5-3-6-17(26)13-16/h2-7,12-14,26H,8-11H2,1H3,(H,22,23). The van der Waals surface area contributed by atoms with Gasteiger partial charge in [-0.25, -0.2) is 0 Å². The van der Waals surface area contributed by atoms with Crippen LogP contribution in [0, 0.1) is 0 Å². The highest BCUT2D eigenvalue weighted by Crippen LogP contribution is 2.24. The second-order valence-corrected chi connectivity index (χ2v) is 6.70. The van der Waals surface area contributed by atoms with Crippen molar-refractivity contribution in [3.05, 3.63) is 60.3 Å². The molecule has 7 heteroatoms. The molecule has 2 aromatic carbocycles. The van der Waals surface area contributed by atoms with Gasteiger partial charge in [0.05, 0.1) is 12.8 Å². The fraction of sp³-hybridized carbons (Fsp3) is 0.238. The number of phenolic OH excluding ortho intramolecular Hbond substituents is 1. The Morgan fingerprint density at radius 3 is 2.61 bits per heavy atom. The maximum atomic E-state index is 12.8. The Kier molecular flexibility index (Phi) is 4.89. The molecule has 1 aliphatic rings. The fourth-order valence-corrected chi connectivity index (χ4v) is 3.39. The number of ether oxygens (including phenoxy) is 1. The van der Waals surface area contributed by atoms with E-state index >= 15 is 0 Å². The largest absolute Gasteiger partial charge is 0.508 e. The van der Waals surface area contributed by atoms with E-state index in [0.29, 0.717) is 37.6 Å². The summed E-state index contributed by atoms with van der Waals surface area (Å²) in [7, 11) is 1.62. The maximum Gasteiger partial charge on any atom is 0.272 e. The molecule has 144 valence electrons. The maximum absolute atomic E-state index is 12.8. The van der Waals surface area contributed by atoms with Crippen molar-refractivity contribution in [2.45, 2.75) is 0 Å². The molecule has 1 fully saturated rings. The summed E-state index contributed by atoms with van der Waals surface area (Å²) in [6.07, 6.45) is 0. The molecule has 0 bridgehead atoms. The first-order valence-corrected chi connectivity index (χ1v) is 9.17. The van der Waals surface area contributed by atoms with Gasteiger partial charge < -0.3 is 19.6 Å². The number of piperazine rings is 1. The van der Waals surface area contributed by atoms with Crippen LogP contribution in [0.5, 0.6) is 11.5 Å². The van der Waals surface area contributed by atoms with Crippen LogP contribution < -0.4 is 9.64 Å². The highest BCUT2D eigenvalue weighted by Gasteiger charge is 2.24. The monoisotopic (exact) mass is 378 g/mol. The number of hydrogen-bond donors (Lipinski definition) is 2. The van der Waals surface area contributed by atoms with Gasteiger partial charge in [-0.05, 0) is 30.3 Å². The summed E-state index contributed by atoms with van der Waals surface area (Å²) in [5.74, 6) is 0.937. The van der Waals surface area contributed by atoms with Crippen molar-refractivity contribution in [2.75, 3.05) is 38.2 Å². The van der Waals surface area contributed by atoms with E-state index in [0.717, 1.165) is 17.0 Å². The number of hydrogen-bond acceptors (Lipinski definition) is 5. The zero-order chi connectivity index (χ0) is 19.5. The molecule has 1 amide bonds. The lowest BCUT2D eigenvalue weighted by molar-refractivity contribution is 0.0741. The SMILES string of the molecule is COc1cccc(-c2cc(C(=O)N3CCN(c4cccc(O)c4)CC3)[nH]n2)c1. The molecule has 0 atom stereocenters. The van der Waals surface area contributed by atoms with Crippen LogP contribution in [-0.2, 0) is 0 Å².